The standard InChI is InChI=1S/C29H30FN7O2/c1-2-38-26-18-21(14-15-25(26)39-20-22-10-6-7-13-24(22)30)19-31-36-28-33-27(32-23-11-4-3-5-12-23)34-29(35-28)37-16-8-9-17-37/h3-7,10-15,18-19H,2,8-9,16-17,20H2,1H3,(H2,32,33,34,35,36)/b31-19-. The van der Waals surface area contributed by atoms with Gasteiger partial charge >= 0.3 is 0 Å². The molecule has 1 aliphatic heterocycles. The Hall–Kier alpha value is -4.73. The van der Waals surface area contributed by atoms with E-state index in [4.69, 9.17) is 9.47 Å². The van der Waals surface area contributed by atoms with Gasteiger partial charge in [0.15, 0.2) is 11.5 Å². The number of rotatable bonds is 11. The van der Waals surface area contributed by atoms with Crippen LogP contribution in [0.5, 0.6) is 11.5 Å². The average Bonchev–Trinajstić information content (AvgIpc) is 3.50. The van der Waals surface area contributed by atoms with Crippen molar-refractivity contribution < 1.29 is 13.9 Å². The summed E-state index contributed by atoms with van der Waals surface area (Å²) in [6.45, 7) is 4.25. The van der Waals surface area contributed by atoms with Gasteiger partial charge in [0.1, 0.15) is 12.4 Å². The highest BCUT2D eigenvalue weighted by atomic mass is 19.1. The summed E-state index contributed by atoms with van der Waals surface area (Å²) >= 11 is 0. The van der Waals surface area contributed by atoms with E-state index < -0.39 is 0 Å². The van der Waals surface area contributed by atoms with Gasteiger partial charge in [-0.25, -0.2) is 9.82 Å². The van der Waals surface area contributed by atoms with E-state index in [1.54, 1.807) is 30.5 Å². The molecular weight excluding hydrogens is 497 g/mol. The predicted molar refractivity (Wildman–Crippen MR) is 151 cm³/mol. The van der Waals surface area contributed by atoms with Crippen LogP contribution in [0.3, 0.4) is 0 Å². The van der Waals surface area contributed by atoms with Crippen molar-refractivity contribution in [2.24, 2.45) is 5.10 Å². The molecule has 1 aromatic heterocycles. The molecule has 0 unspecified atom stereocenters. The lowest BCUT2D eigenvalue weighted by Crippen LogP contribution is -2.21. The van der Waals surface area contributed by atoms with Crippen LogP contribution in [0.2, 0.25) is 0 Å². The smallest absolute Gasteiger partial charge is 0.250 e. The summed E-state index contributed by atoms with van der Waals surface area (Å²) in [5.41, 5.74) is 5.06. The summed E-state index contributed by atoms with van der Waals surface area (Å²) in [4.78, 5) is 15.8. The second kappa shape index (κ2) is 12.7. The number of aromatic nitrogens is 3. The zero-order valence-corrected chi connectivity index (χ0v) is 21.7. The van der Waals surface area contributed by atoms with Crippen molar-refractivity contribution in [3.05, 3.63) is 89.7 Å². The first kappa shape index (κ1) is 25.9. The zero-order chi connectivity index (χ0) is 26.9. The minimum absolute atomic E-state index is 0.0970. The van der Waals surface area contributed by atoms with Crippen molar-refractivity contribution in [1.82, 2.24) is 15.0 Å². The Kier molecular flexibility index (Phi) is 8.42. The van der Waals surface area contributed by atoms with Crippen molar-refractivity contribution in [3.63, 3.8) is 0 Å². The summed E-state index contributed by atoms with van der Waals surface area (Å²) < 4.78 is 25.6. The van der Waals surface area contributed by atoms with Crippen LogP contribution < -0.4 is 25.1 Å². The van der Waals surface area contributed by atoms with E-state index in [-0.39, 0.29) is 12.4 Å². The molecule has 9 nitrogen and oxygen atoms in total. The molecule has 4 aromatic rings. The van der Waals surface area contributed by atoms with Crippen LogP contribution in [0, 0.1) is 5.82 Å². The monoisotopic (exact) mass is 527 g/mol. The van der Waals surface area contributed by atoms with E-state index in [0.717, 1.165) is 37.2 Å². The van der Waals surface area contributed by atoms with Crippen LogP contribution in [-0.4, -0.2) is 40.9 Å². The highest BCUT2D eigenvalue weighted by Gasteiger charge is 2.17. The third-order valence-electron chi connectivity index (χ3n) is 6.03. The molecule has 39 heavy (non-hydrogen) atoms. The number of anilines is 4. The highest BCUT2D eigenvalue weighted by Crippen LogP contribution is 2.29. The number of hydrogen-bond acceptors (Lipinski definition) is 9. The number of nitrogens with one attached hydrogen (secondary N) is 2. The quantitative estimate of drug-likeness (QED) is 0.187. The lowest BCUT2D eigenvalue weighted by Gasteiger charge is -2.16. The molecule has 10 heteroatoms. The Morgan fingerprint density at radius 2 is 1.67 bits per heavy atom. The molecule has 2 heterocycles. The minimum atomic E-state index is -0.307. The molecule has 1 fully saturated rings. The first-order valence-electron chi connectivity index (χ1n) is 12.9. The van der Waals surface area contributed by atoms with E-state index in [0.29, 0.717) is 41.5 Å². The van der Waals surface area contributed by atoms with Gasteiger partial charge < -0.3 is 19.7 Å². The molecule has 1 aliphatic rings. The zero-order valence-electron chi connectivity index (χ0n) is 21.7. The largest absolute Gasteiger partial charge is 0.490 e. The van der Waals surface area contributed by atoms with Crippen molar-refractivity contribution in [3.8, 4) is 11.5 Å². The van der Waals surface area contributed by atoms with Gasteiger partial charge in [-0.15, -0.1) is 0 Å². The maximum atomic E-state index is 14.0. The van der Waals surface area contributed by atoms with Crippen LogP contribution in [0.4, 0.5) is 27.9 Å². The number of nitrogens with zero attached hydrogens (tertiary/aromatic N) is 5. The van der Waals surface area contributed by atoms with E-state index in [2.05, 4.69) is 35.7 Å². The highest BCUT2D eigenvalue weighted by molar-refractivity contribution is 5.81. The second-order valence-corrected chi connectivity index (χ2v) is 8.86. The van der Waals surface area contributed by atoms with Crippen molar-refractivity contribution in [2.45, 2.75) is 26.4 Å². The topological polar surface area (TPSA) is 96.8 Å². The molecular formula is C29H30FN7O2. The van der Waals surface area contributed by atoms with Crippen LogP contribution >= 0.6 is 0 Å². The number of para-hydroxylation sites is 1. The molecule has 5 rings (SSSR count). The SMILES string of the molecule is CCOc1cc(/C=N\Nc2nc(Nc3ccccc3)nc(N3CCCC3)n2)ccc1OCc1ccccc1F. The maximum Gasteiger partial charge on any atom is 0.250 e. The van der Waals surface area contributed by atoms with Gasteiger partial charge in [-0.3, -0.25) is 0 Å². The molecule has 0 amide bonds. The summed E-state index contributed by atoms with van der Waals surface area (Å²) in [6.07, 6.45) is 3.86. The maximum absolute atomic E-state index is 14.0. The average molecular weight is 528 g/mol. The molecule has 1 saturated heterocycles. The van der Waals surface area contributed by atoms with Gasteiger partial charge in [0.2, 0.25) is 17.8 Å². The van der Waals surface area contributed by atoms with E-state index >= 15 is 0 Å². The molecule has 2 N–H and O–H groups in total. The first-order valence-corrected chi connectivity index (χ1v) is 12.9. The van der Waals surface area contributed by atoms with Crippen molar-refractivity contribution in [2.75, 3.05) is 35.3 Å². The summed E-state index contributed by atoms with van der Waals surface area (Å²) in [5, 5.41) is 7.58. The van der Waals surface area contributed by atoms with E-state index in [9.17, 15) is 4.39 Å². The molecule has 0 bridgehead atoms. The van der Waals surface area contributed by atoms with Gasteiger partial charge in [-0.2, -0.15) is 20.1 Å². The lowest BCUT2D eigenvalue weighted by molar-refractivity contribution is 0.266. The van der Waals surface area contributed by atoms with Gasteiger partial charge in [-0.1, -0.05) is 36.4 Å². The van der Waals surface area contributed by atoms with Crippen LogP contribution in [0.25, 0.3) is 0 Å². The fourth-order valence-electron chi connectivity index (χ4n) is 4.11. The Labute approximate surface area is 226 Å². The first-order chi connectivity index (χ1) is 19.2. The Balaban J connectivity index is 1.30. The van der Waals surface area contributed by atoms with Crippen LogP contribution in [-0.2, 0) is 6.61 Å². The number of halogens is 1. The van der Waals surface area contributed by atoms with Gasteiger partial charge in [-0.05, 0) is 61.7 Å². The van der Waals surface area contributed by atoms with Gasteiger partial charge in [0.05, 0.1) is 12.8 Å². The number of benzene rings is 3. The second-order valence-electron chi connectivity index (χ2n) is 8.86. The van der Waals surface area contributed by atoms with Crippen molar-refractivity contribution in [1.29, 1.82) is 0 Å². The third-order valence-corrected chi connectivity index (χ3v) is 6.03. The molecule has 0 aliphatic carbocycles. The third kappa shape index (κ3) is 6.98. The van der Waals surface area contributed by atoms with Crippen LogP contribution in [0.1, 0.15) is 30.9 Å². The normalized spacial score (nSPS) is 13.0. The van der Waals surface area contributed by atoms with E-state index in [1.807, 2.05) is 49.4 Å². The Bertz CT molecular complexity index is 1410. The Morgan fingerprint density at radius 1 is 0.897 bits per heavy atom. The summed E-state index contributed by atoms with van der Waals surface area (Å²) in [6, 6.07) is 21.7. The molecule has 0 atom stereocenters. The predicted octanol–water partition coefficient (Wildman–Crippen LogP) is 5.78. The van der Waals surface area contributed by atoms with Crippen LogP contribution in [0.15, 0.2) is 77.9 Å². The number of hydrazone groups is 1. The van der Waals surface area contributed by atoms with E-state index in [1.165, 1.54) is 6.07 Å². The van der Waals surface area contributed by atoms with Crippen molar-refractivity contribution >= 4 is 29.7 Å². The lowest BCUT2D eigenvalue weighted by atomic mass is 10.2. The fraction of sp³-hybridized carbons (Fsp3) is 0.241. The number of hydrogen-bond donors (Lipinski definition) is 2. The minimum Gasteiger partial charge on any atom is -0.490 e. The Morgan fingerprint density at radius 3 is 2.46 bits per heavy atom. The van der Waals surface area contributed by atoms with Gasteiger partial charge in [0, 0.05) is 24.3 Å². The molecule has 200 valence electrons. The fourth-order valence-corrected chi connectivity index (χ4v) is 4.11. The molecule has 0 spiro atoms. The summed E-state index contributed by atoms with van der Waals surface area (Å²) in [5.74, 6) is 2.13. The summed E-state index contributed by atoms with van der Waals surface area (Å²) in [7, 11) is 0. The molecule has 0 radical (unpaired) electrons. The molecule has 3 aromatic carbocycles. The molecule has 0 saturated carbocycles. The number of ether oxygens (including phenoxy) is 2. The van der Waals surface area contributed by atoms with Gasteiger partial charge in [0.25, 0.3) is 0 Å².